The van der Waals surface area contributed by atoms with Crippen LogP contribution in [0, 0.1) is 17.2 Å². The molecule has 32 heavy (non-hydrogen) atoms. The van der Waals surface area contributed by atoms with Crippen molar-refractivity contribution in [2.24, 2.45) is 5.92 Å². The van der Waals surface area contributed by atoms with Crippen LogP contribution in [0.15, 0.2) is 30.6 Å². The van der Waals surface area contributed by atoms with E-state index in [-0.39, 0.29) is 24.0 Å². The van der Waals surface area contributed by atoms with Crippen molar-refractivity contribution in [3.05, 3.63) is 52.2 Å². The Morgan fingerprint density at radius 3 is 3.03 bits per heavy atom. The minimum absolute atomic E-state index is 0.224. The van der Waals surface area contributed by atoms with Crippen molar-refractivity contribution in [2.75, 3.05) is 18.5 Å². The third kappa shape index (κ3) is 5.00. The minimum atomic E-state index is -0.283. The van der Waals surface area contributed by atoms with E-state index < -0.39 is 0 Å². The molecule has 0 radical (unpaired) electrons. The molecule has 7 nitrogen and oxygen atoms in total. The molecule has 1 aliphatic carbocycles. The number of nitrogens with one attached hydrogen (secondary N) is 1. The molecule has 2 atom stereocenters. The molecular formula is C24H26N4O3S. The number of anilines is 1. The largest absolute Gasteiger partial charge is 0.449 e. The Balaban J connectivity index is 1.37. The van der Waals surface area contributed by atoms with Crippen LogP contribution in [0.1, 0.15) is 47.8 Å². The maximum Gasteiger partial charge on any atom is 0.410 e. The molecule has 166 valence electrons. The van der Waals surface area contributed by atoms with Gasteiger partial charge in [-0.25, -0.2) is 4.79 Å². The van der Waals surface area contributed by atoms with Crippen molar-refractivity contribution in [3.63, 3.8) is 0 Å². The summed E-state index contributed by atoms with van der Waals surface area (Å²) in [6.07, 6.45) is 10.7. The van der Waals surface area contributed by atoms with Crippen LogP contribution in [-0.2, 0) is 22.4 Å². The zero-order valence-corrected chi connectivity index (χ0v) is 18.9. The average molecular weight is 451 g/mol. The molecule has 1 saturated heterocycles. The summed E-state index contributed by atoms with van der Waals surface area (Å²) < 4.78 is 5.60. The van der Waals surface area contributed by atoms with Crippen LogP contribution in [0.2, 0.25) is 0 Å². The van der Waals surface area contributed by atoms with E-state index in [1.807, 2.05) is 6.07 Å². The smallest absolute Gasteiger partial charge is 0.410 e. The summed E-state index contributed by atoms with van der Waals surface area (Å²) in [6.45, 7) is 3.21. The first-order chi connectivity index (χ1) is 15.5. The van der Waals surface area contributed by atoms with Gasteiger partial charge in [0.2, 0.25) is 5.91 Å². The van der Waals surface area contributed by atoms with Crippen LogP contribution in [0.3, 0.4) is 0 Å². The lowest BCUT2D eigenvalue weighted by Gasteiger charge is -2.25. The van der Waals surface area contributed by atoms with Crippen LogP contribution in [0.4, 0.5) is 9.80 Å². The SMILES string of the molecule is CC1CCCN1C(=O)OCC1CCc2c(sc(NC(=O)C=Cc3cccnc3)c2C#N)C1. The van der Waals surface area contributed by atoms with Crippen molar-refractivity contribution in [3.8, 4) is 6.07 Å². The predicted molar refractivity (Wildman–Crippen MR) is 123 cm³/mol. The fourth-order valence-electron chi connectivity index (χ4n) is 4.28. The second-order valence-electron chi connectivity index (χ2n) is 8.30. The van der Waals surface area contributed by atoms with E-state index in [4.69, 9.17) is 4.74 Å². The Labute approximate surface area is 191 Å². The first-order valence-corrected chi connectivity index (χ1v) is 11.7. The van der Waals surface area contributed by atoms with Crippen molar-refractivity contribution < 1.29 is 14.3 Å². The summed E-state index contributed by atoms with van der Waals surface area (Å²) in [5.41, 5.74) is 2.39. The highest BCUT2D eigenvalue weighted by molar-refractivity contribution is 7.16. The maximum absolute atomic E-state index is 12.4. The molecule has 1 N–H and O–H groups in total. The van der Waals surface area contributed by atoms with Gasteiger partial charge in [0, 0.05) is 35.9 Å². The molecule has 2 aromatic rings. The first-order valence-electron chi connectivity index (χ1n) is 10.9. The molecule has 0 bridgehead atoms. The minimum Gasteiger partial charge on any atom is -0.449 e. The number of ether oxygens (including phenoxy) is 1. The predicted octanol–water partition coefficient (Wildman–Crippen LogP) is 4.39. The van der Waals surface area contributed by atoms with Gasteiger partial charge in [0.05, 0.1) is 12.2 Å². The number of fused-ring (bicyclic) bond motifs is 1. The van der Waals surface area contributed by atoms with Gasteiger partial charge in [0.15, 0.2) is 0 Å². The molecule has 2 unspecified atom stereocenters. The van der Waals surface area contributed by atoms with Crippen LogP contribution >= 0.6 is 11.3 Å². The second-order valence-corrected chi connectivity index (χ2v) is 9.40. The molecule has 2 amide bonds. The van der Waals surface area contributed by atoms with Gasteiger partial charge in [-0.3, -0.25) is 9.78 Å². The molecule has 1 fully saturated rings. The van der Waals surface area contributed by atoms with Gasteiger partial charge in [-0.05, 0) is 68.2 Å². The van der Waals surface area contributed by atoms with Crippen molar-refractivity contribution in [1.29, 1.82) is 5.26 Å². The van der Waals surface area contributed by atoms with E-state index in [1.54, 1.807) is 29.4 Å². The topological polar surface area (TPSA) is 95.3 Å². The molecule has 0 saturated carbocycles. The van der Waals surface area contributed by atoms with Crippen molar-refractivity contribution in [2.45, 2.75) is 45.1 Å². The molecule has 0 spiro atoms. The molecule has 0 aromatic carbocycles. The van der Waals surface area contributed by atoms with E-state index >= 15 is 0 Å². The number of likely N-dealkylation sites (tertiary alicyclic amines) is 1. The van der Waals surface area contributed by atoms with E-state index in [2.05, 4.69) is 23.3 Å². The highest BCUT2D eigenvalue weighted by atomic mass is 32.1. The van der Waals surface area contributed by atoms with E-state index in [0.29, 0.717) is 17.2 Å². The zero-order chi connectivity index (χ0) is 22.5. The number of aromatic nitrogens is 1. The summed E-state index contributed by atoms with van der Waals surface area (Å²) >= 11 is 1.45. The number of nitrogens with zero attached hydrogens (tertiary/aromatic N) is 3. The zero-order valence-electron chi connectivity index (χ0n) is 18.0. The first kappa shape index (κ1) is 22.0. The number of pyridine rings is 1. The number of nitriles is 1. The van der Waals surface area contributed by atoms with Crippen LogP contribution in [-0.4, -0.2) is 41.1 Å². The highest BCUT2D eigenvalue weighted by Gasteiger charge is 2.29. The normalized spacial score (nSPS) is 20.1. The Hall–Kier alpha value is -3.18. The highest BCUT2D eigenvalue weighted by Crippen LogP contribution is 2.39. The second kappa shape index (κ2) is 9.96. The Kier molecular flexibility index (Phi) is 6.86. The number of amides is 2. The number of carbonyl (C=O) groups is 2. The summed E-state index contributed by atoms with van der Waals surface area (Å²) in [5, 5.41) is 13.1. The van der Waals surface area contributed by atoms with Gasteiger partial charge in [0.25, 0.3) is 0 Å². The van der Waals surface area contributed by atoms with Gasteiger partial charge < -0.3 is 15.0 Å². The van der Waals surface area contributed by atoms with Crippen LogP contribution in [0.5, 0.6) is 0 Å². The monoisotopic (exact) mass is 450 g/mol. The van der Waals surface area contributed by atoms with Gasteiger partial charge in [0.1, 0.15) is 11.1 Å². The molecule has 2 aliphatic rings. The Morgan fingerprint density at radius 1 is 1.44 bits per heavy atom. The molecule has 2 aromatic heterocycles. The lowest BCUT2D eigenvalue weighted by atomic mass is 9.88. The fraction of sp³-hybridized carbons (Fsp3) is 0.417. The molecular weight excluding hydrogens is 424 g/mol. The number of thiophene rings is 1. The van der Waals surface area contributed by atoms with Gasteiger partial charge in [-0.2, -0.15) is 5.26 Å². The fourth-order valence-corrected chi connectivity index (χ4v) is 5.59. The van der Waals surface area contributed by atoms with E-state index in [1.165, 1.54) is 17.4 Å². The van der Waals surface area contributed by atoms with Gasteiger partial charge in [-0.15, -0.1) is 11.3 Å². The van der Waals surface area contributed by atoms with Gasteiger partial charge >= 0.3 is 6.09 Å². The molecule has 1 aliphatic heterocycles. The molecule has 4 rings (SSSR count). The van der Waals surface area contributed by atoms with Crippen molar-refractivity contribution in [1.82, 2.24) is 9.88 Å². The number of hydrogen-bond acceptors (Lipinski definition) is 6. The lowest BCUT2D eigenvalue weighted by molar-refractivity contribution is -0.111. The van der Waals surface area contributed by atoms with E-state index in [0.717, 1.165) is 54.7 Å². The van der Waals surface area contributed by atoms with Crippen LogP contribution in [0.25, 0.3) is 6.08 Å². The van der Waals surface area contributed by atoms with Crippen LogP contribution < -0.4 is 5.32 Å². The van der Waals surface area contributed by atoms with E-state index in [9.17, 15) is 14.9 Å². The lowest BCUT2D eigenvalue weighted by Crippen LogP contribution is -2.35. The maximum atomic E-state index is 12.4. The third-order valence-electron chi connectivity index (χ3n) is 6.06. The average Bonchev–Trinajstić information content (AvgIpc) is 3.38. The molecule has 8 heteroatoms. The summed E-state index contributed by atoms with van der Waals surface area (Å²) in [7, 11) is 0. The summed E-state index contributed by atoms with van der Waals surface area (Å²) in [6, 6.07) is 6.17. The summed E-state index contributed by atoms with van der Waals surface area (Å²) in [4.78, 5) is 31.6. The number of hydrogen-bond donors (Lipinski definition) is 1. The standard InChI is InChI=1S/C24H26N4O3S/c1-16-4-3-11-28(16)24(30)31-15-18-6-8-19-20(13-25)23(32-21(19)12-18)27-22(29)9-7-17-5-2-10-26-14-17/h2,5,7,9-10,14,16,18H,3-4,6,8,11-12,15H2,1H3,(H,27,29). The quantitative estimate of drug-likeness (QED) is 0.682. The Bertz CT molecular complexity index is 1060. The number of carbonyl (C=O) groups excluding carboxylic acids is 2. The Morgan fingerprint density at radius 2 is 2.31 bits per heavy atom. The van der Waals surface area contributed by atoms with Crippen molar-refractivity contribution >= 4 is 34.4 Å². The third-order valence-corrected chi connectivity index (χ3v) is 7.23. The van der Waals surface area contributed by atoms with Gasteiger partial charge in [-0.1, -0.05) is 6.07 Å². The summed E-state index contributed by atoms with van der Waals surface area (Å²) in [5.74, 6) is -0.0576. The molecule has 3 heterocycles. The number of rotatable bonds is 5.